The second-order valence-electron chi connectivity index (χ2n) is 5.92. The molecule has 22 heavy (non-hydrogen) atoms. The lowest BCUT2D eigenvalue weighted by atomic mass is 10.0. The molecular weight excluding hydrogens is 268 g/mol. The van der Waals surface area contributed by atoms with Gasteiger partial charge in [-0.2, -0.15) is 0 Å². The minimum atomic E-state index is 0.842. The summed E-state index contributed by atoms with van der Waals surface area (Å²) in [5, 5.41) is 1.21. The van der Waals surface area contributed by atoms with Crippen molar-refractivity contribution in [1.82, 2.24) is 9.88 Å². The van der Waals surface area contributed by atoms with E-state index in [0.29, 0.717) is 0 Å². The molecule has 0 fully saturated rings. The Balaban J connectivity index is 1.58. The fourth-order valence-electron chi connectivity index (χ4n) is 2.99. The maximum atomic E-state index is 4.79. The monoisotopic (exact) mass is 286 g/mol. The van der Waals surface area contributed by atoms with E-state index in [1.54, 1.807) is 0 Å². The van der Waals surface area contributed by atoms with Gasteiger partial charge in [-0.05, 0) is 42.3 Å². The van der Waals surface area contributed by atoms with Gasteiger partial charge in [0.05, 0.1) is 17.8 Å². The average molecular weight is 286 g/mol. The van der Waals surface area contributed by atoms with Crippen molar-refractivity contribution in [2.75, 3.05) is 0 Å². The molecule has 0 saturated carbocycles. The number of aromatic nitrogens is 1. The second-order valence-corrected chi connectivity index (χ2v) is 5.92. The first-order valence-corrected chi connectivity index (χ1v) is 7.64. The lowest BCUT2D eigenvalue weighted by Crippen LogP contribution is -2.20. The fraction of sp³-hybridized carbons (Fsp3) is 0.150. The molecule has 2 heterocycles. The zero-order chi connectivity index (χ0) is 14.9. The van der Waals surface area contributed by atoms with Gasteiger partial charge in [0.1, 0.15) is 0 Å². The van der Waals surface area contributed by atoms with Gasteiger partial charge in [-0.3, -0.25) is 4.98 Å². The van der Waals surface area contributed by atoms with E-state index in [2.05, 4.69) is 78.7 Å². The maximum absolute atomic E-state index is 4.79. The molecule has 0 bridgehead atoms. The molecule has 1 aliphatic heterocycles. The molecule has 0 unspecified atom stereocenters. The lowest BCUT2D eigenvalue weighted by molar-refractivity contribution is 0.355. The van der Waals surface area contributed by atoms with E-state index in [-0.39, 0.29) is 0 Å². The van der Waals surface area contributed by atoms with Gasteiger partial charge in [0.25, 0.3) is 0 Å². The highest BCUT2D eigenvalue weighted by molar-refractivity contribution is 5.79. The van der Waals surface area contributed by atoms with E-state index in [9.17, 15) is 0 Å². The molecule has 2 heteroatoms. The molecule has 0 saturated heterocycles. The summed E-state index contributed by atoms with van der Waals surface area (Å²) in [6.45, 7) is 3.90. The van der Waals surface area contributed by atoms with Crippen molar-refractivity contribution in [2.45, 2.75) is 20.0 Å². The van der Waals surface area contributed by atoms with Crippen LogP contribution in [0.1, 0.15) is 22.4 Å². The van der Waals surface area contributed by atoms with Crippen molar-refractivity contribution in [3.05, 3.63) is 83.2 Å². The molecule has 0 atom stereocenters. The van der Waals surface area contributed by atoms with Crippen LogP contribution in [0.3, 0.4) is 0 Å². The molecule has 108 valence electrons. The molecule has 0 N–H and O–H groups in total. The first-order chi connectivity index (χ1) is 10.8. The third-order valence-corrected chi connectivity index (χ3v) is 4.16. The van der Waals surface area contributed by atoms with Gasteiger partial charge in [-0.25, -0.2) is 0 Å². The number of aryl methyl sites for hydroxylation is 1. The molecule has 4 rings (SSSR count). The highest BCUT2D eigenvalue weighted by Gasteiger charge is 2.11. The highest BCUT2D eigenvalue weighted by Crippen LogP contribution is 2.21. The third-order valence-electron chi connectivity index (χ3n) is 4.16. The zero-order valence-corrected chi connectivity index (χ0v) is 12.7. The SMILES string of the molecule is Cc1ccc2nc(CN3C=Cc4ccccc4C3)ccc2c1. The van der Waals surface area contributed by atoms with Gasteiger partial charge in [0, 0.05) is 18.1 Å². The third kappa shape index (κ3) is 2.48. The van der Waals surface area contributed by atoms with Crippen LogP contribution in [0.4, 0.5) is 0 Å². The van der Waals surface area contributed by atoms with Crippen molar-refractivity contribution in [2.24, 2.45) is 0 Å². The number of nitrogens with zero attached hydrogens (tertiary/aromatic N) is 2. The van der Waals surface area contributed by atoms with Crippen molar-refractivity contribution in [3.63, 3.8) is 0 Å². The molecule has 2 nitrogen and oxygen atoms in total. The van der Waals surface area contributed by atoms with Crippen LogP contribution in [0.5, 0.6) is 0 Å². The summed E-state index contributed by atoms with van der Waals surface area (Å²) in [7, 11) is 0. The van der Waals surface area contributed by atoms with Crippen LogP contribution in [0.25, 0.3) is 17.0 Å². The molecule has 1 aromatic heterocycles. The summed E-state index contributed by atoms with van der Waals surface area (Å²) in [5.74, 6) is 0. The molecule has 3 aromatic rings. The van der Waals surface area contributed by atoms with Gasteiger partial charge in [-0.1, -0.05) is 42.0 Å². The highest BCUT2D eigenvalue weighted by atomic mass is 15.1. The minimum Gasteiger partial charge on any atom is -0.367 e. The Morgan fingerprint density at radius 1 is 1.05 bits per heavy atom. The summed E-state index contributed by atoms with van der Waals surface area (Å²) in [6, 6.07) is 19.3. The number of pyridine rings is 1. The summed E-state index contributed by atoms with van der Waals surface area (Å²) < 4.78 is 0. The van der Waals surface area contributed by atoms with Crippen molar-refractivity contribution < 1.29 is 0 Å². The van der Waals surface area contributed by atoms with Gasteiger partial charge in [0.15, 0.2) is 0 Å². The minimum absolute atomic E-state index is 0.842. The van der Waals surface area contributed by atoms with E-state index in [4.69, 9.17) is 4.98 Å². The van der Waals surface area contributed by atoms with Crippen molar-refractivity contribution in [3.8, 4) is 0 Å². The molecule has 0 amide bonds. The summed E-state index contributed by atoms with van der Waals surface area (Å²) in [6.07, 6.45) is 4.35. The number of benzene rings is 2. The Kier molecular flexibility index (Phi) is 3.15. The van der Waals surface area contributed by atoms with Crippen LogP contribution in [-0.2, 0) is 13.1 Å². The van der Waals surface area contributed by atoms with Crippen LogP contribution in [0.2, 0.25) is 0 Å². The molecule has 0 radical (unpaired) electrons. The number of fused-ring (bicyclic) bond motifs is 2. The topological polar surface area (TPSA) is 16.1 Å². The van der Waals surface area contributed by atoms with E-state index < -0.39 is 0 Å². The van der Waals surface area contributed by atoms with Crippen LogP contribution >= 0.6 is 0 Å². The average Bonchev–Trinajstić information content (AvgIpc) is 2.55. The molecule has 0 aliphatic carbocycles. The van der Waals surface area contributed by atoms with Gasteiger partial charge in [-0.15, -0.1) is 0 Å². The second kappa shape index (κ2) is 5.30. The van der Waals surface area contributed by atoms with Crippen molar-refractivity contribution >= 4 is 17.0 Å². The van der Waals surface area contributed by atoms with Crippen LogP contribution in [-0.4, -0.2) is 9.88 Å². The maximum Gasteiger partial charge on any atom is 0.0706 e. The number of hydrogen-bond acceptors (Lipinski definition) is 2. The van der Waals surface area contributed by atoms with E-state index in [1.807, 2.05) is 0 Å². The Morgan fingerprint density at radius 3 is 2.91 bits per heavy atom. The molecule has 1 aliphatic rings. The number of hydrogen-bond donors (Lipinski definition) is 0. The molecular formula is C20H18N2. The predicted molar refractivity (Wildman–Crippen MR) is 91.2 cm³/mol. The van der Waals surface area contributed by atoms with E-state index in [1.165, 1.54) is 22.1 Å². The van der Waals surface area contributed by atoms with E-state index in [0.717, 1.165) is 24.3 Å². The Bertz CT molecular complexity index is 864. The van der Waals surface area contributed by atoms with Gasteiger partial charge in [0.2, 0.25) is 0 Å². The van der Waals surface area contributed by atoms with Crippen LogP contribution < -0.4 is 0 Å². The Morgan fingerprint density at radius 2 is 1.95 bits per heavy atom. The standard InChI is InChI=1S/C20H18N2/c1-15-6-9-20-17(12-15)7-8-19(21-20)14-22-11-10-16-4-2-3-5-18(16)13-22/h2-12H,13-14H2,1H3. The normalized spacial score (nSPS) is 13.4. The first kappa shape index (κ1) is 13.1. The van der Waals surface area contributed by atoms with Gasteiger partial charge >= 0.3 is 0 Å². The fourth-order valence-corrected chi connectivity index (χ4v) is 2.99. The van der Waals surface area contributed by atoms with Crippen LogP contribution in [0, 0.1) is 6.92 Å². The first-order valence-electron chi connectivity index (χ1n) is 7.64. The molecule has 0 spiro atoms. The summed E-state index contributed by atoms with van der Waals surface area (Å²) in [4.78, 5) is 7.10. The van der Waals surface area contributed by atoms with Crippen LogP contribution in [0.15, 0.2) is 60.8 Å². The predicted octanol–water partition coefficient (Wildman–Crippen LogP) is 4.53. The number of rotatable bonds is 2. The zero-order valence-electron chi connectivity index (χ0n) is 12.7. The van der Waals surface area contributed by atoms with E-state index >= 15 is 0 Å². The molecule has 2 aromatic carbocycles. The lowest BCUT2D eigenvalue weighted by Gasteiger charge is -2.25. The van der Waals surface area contributed by atoms with Crippen molar-refractivity contribution in [1.29, 1.82) is 0 Å². The summed E-state index contributed by atoms with van der Waals surface area (Å²) in [5.41, 5.74) is 6.16. The largest absolute Gasteiger partial charge is 0.367 e. The van der Waals surface area contributed by atoms with Gasteiger partial charge < -0.3 is 4.90 Å². The Hall–Kier alpha value is -2.61. The summed E-state index contributed by atoms with van der Waals surface area (Å²) >= 11 is 0. The smallest absolute Gasteiger partial charge is 0.0706 e. The Labute approximate surface area is 130 Å². The quantitative estimate of drug-likeness (QED) is 0.688.